The fraction of sp³-hybridized carbons (Fsp3) is 0.0476. The van der Waals surface area contributed by atoms with Gasteiger partial charge in [-0.05, 0) is 54.3 Å². The molecule has 0 aliphatic heterocycles. The van der Waals surface area contributed by atoms with Gasteiger partial charge in [-0.1, -0.05) is 11.6 Å². The smallest absolute Gasteiger partial charge is 0.313 e. The van der Waals surface area contributed by atoms with E-state index in [1.165, 1.54) is 25.1 Å². The van der Waals surface area contributed by atoms with Crippen LogP contribution in [0.1, 0.15) is 6.92 Å². The fourth-order valence-electron chi connectivity index (χ4n) is 3.48. The molecule has 0 saturated carbocycles. The van der Waals surface area contributed by atoms with Crippen molar-refractivity contribution in [3.63, 3.8) is 0 Å². The molecule has 0 fully saturated rings. The van der Waals surface area contributed by atoms with Crippen molar-refractivity contribution in [2.75, 3.05) is 5.32 Å². The van der Waals surface area contributed by atoms with E-state index in [1.807, 2.05) is 0 Å². The second-order valence-electron chi connectivity index (χ2n) is 7.81. The van der Waals surface area contributed by atoms with Crippen LogP contribution >= 0.6 is 11.6 Å². The van der Waals surface area contributed by atoms with Crippen molar-refractivity contribution in [1.82, 2.24) is 9.97 Å². The number of hydrogen-bond acceptors (Lipinski definition) is 12. The molecule has 1 aliphatic carbocycles. The largest absolute Gasteiger partial charge is 0.505 e. The van der Waals surface area contributed by atoms with Gasteiger partial charge in [0.25, 0.3) is 10.1 Å². The predicted octanol–water partition coefficient (Wildman–Crippen LogP) is 3.29. The summed E-state index contributed by atoms with van der Waals surface area (Å²) in [6, 6.07) is 4.63. The number of aromatic hydroxyl groups is 1. The number of allylic oxidation sites excluding steroid dienone is 3. The summed E-state index contributed by atoms with van der Waals surface area (Å²) < 4.78 is 107. The van der Waals surface area contributed by atoms with E-state index in [2.05, 4.69) is 25.5 Å². The Morgan fingerprint density at radius 3 is 2.30 bits per heavy atom. The van der Waals surface area contributed by atoms with Gasteiger partial charge in [-0.25, -0.2) is 0 Å². The molecule has 19 heteroatoms. The summed E-state index contributed by atoms with van der Waals surface area (Å²) in [4.78, 5) is 4.42. The predicted molar refractivity (Wildman–Crippen MR) is 140 cm³/mol. The molecule has 3 N–H and O–H groups in total. The van der Waals surface area contributed by atoms with Crippen LogP contribution in [0.4, 0.5) is 26.0 Å². The Balaban J connectivity index is 1.87. The van der Waals surface area contributed by atoms with Gasteiger partial charge in [0.05, 0.1) is 4.86 Å². The molecule has 0 radical (unpaired) electrons. The molecule has 0 bridgehead atoms. The Kier molecular flexibility index (Phi) is 7.81. The number of phenols is 1. The number of rotatable bonds is 5. The molecule has 40 heavy (non-hydrogen) atoms. The average molecular weight is 632 g/mol. The summed E-state index contributed by atoms with van der Waals surface area (Å²) in [6.07, 6.45) is 0.459. The zero-order valence-electron chi connectivity index (χ0n) is 19.5. The van der Waals surface area contributed by atoms with Crippen molar-refractivity contribution in [2.45, 2.75) is 11.8 Å². The van der Waals surface area contributed by atoms with Crippen LogP contribution in [-0.2, 0) is 30.7 Å². The van der Waals surface area contributed by atoms with Crippen molar-refractivity contribution < 1.29 is 43.7 Å². The highest BCUT2D eigenvalue weighted by molar-refractivity contribution is 7.86. The Hall–Kier alpha value is -4.10. The third-order valence-corrected chi connectivity index (χ3v) is 7.94. The maximum Gasteiger partial charge on any atom is 0.313 e. The monoisotopic (exact) mass is 631 g/mol. The molecule has 0 saturated heterocycles. The van der Waals surface area contributed by atoms with Crippen LogP contribution in [0.15, 0.2) is 62.8 Å². The van der Waals surface area contributed by atoms with Crippen LogP contribution < -0.4 is 5.32 Å². The Morgan fingerprint density at radius 1 is 1.00 bits per heavy atom. The van der Waals surface area contributed by atoms with Crippen molar-refractivity contribution in [2.24, 2.45) is 10.2 Å². The molecular formula is C21H12ClF2N5O8S3. The molecule has 0 amide bonds. The third kappa shape index (κ3) is 5.75. The highest BCUT2D eigenvalue weighted by atomic mass is 35.5. The summed E-state index contributed by atoms with van der Waals surface area (Å²) >= 11 is 5.74. The lowest BCUT2D eigenvalue weighted by molar-refractivity contribution is 0.472. The Morgan fingerprint density at radius 2 is 1.68 bits per heavy atom. The van der Waals surface area contributed by atoms with Gasteiger partial charge in [-0.2, -0.15) is 44.0 Å². The Bertz CT molecular complexity index is 2110. The summed E-state index contributed by atoms with van der Waals surface area (Å²) in [5.74, 6) is -2.62. The standard InChI is InChI=1S/C21H12ClF2N5O8S3/c1-8-4-14(39(33)34)12(7-13(8)38(31)32)28-29-17-15(40(35,36)37)6-9-5-10(2-3-11(9)18(17)30)25-20-16(22)19(23)26-21(24)27-20/h2-7,30H,1H3,(H,25,26,27)(H,35,36,37). The topological polar surface area (TPSA) is 205 Å². The van der Waals surface area contributed by atoms with Gasteiger partial charge < -0.3 is 10.4 Å². The van der Waals surface area contributed by atoms with Crippen LogP contribution in [0.3, 0.4) is 0 Å². The number of halogens is 3. The second kappa shape index (κ2) is 10.8. The maximum absolute atomic E-state index is 13.6. The van der Waals surface area contributed by atoms with Gasteiger partial charge in [0, 0.05) is 11.1 Å². The number of phenolic OH excluding ortho intramolecular Hbond substituents is 1. The zero-order valence-corrected chi connectivity index (χ0v) is 22.7. The van der Waals surface area contributed by atoms with Gasteiger partial charge in [-0.3, -0.25) is 4.55 Å². The molecule has 2 aromatic carbocycles. The molecule has 4 rings (SSSR count). The molecule has 0 unspecified atom stereocenters. The minimum absolute atomic E-state index is 0.0269. The maximum atomic E-state index is 13.6. The van der Waals surface area contributed by atoms with E-state index in [1.54, 1.807) is 0 Å². The summed E-state index contributed by atoms with van der Waals surface area (Å²) in [5, 5.41) is 19.9. The fourth-order valence-corrected chi connectivity index (χ4v) is 5.34. The van der Waals surface area contributed by atoms with E-state index >= 15 is 0 Å². The molecule has 1 aliphatic rings. The molecule has 1 heterocycles. The number of hydrogen-bond donors (Lipinski definition) is 3. The number of nitrogens with zero attached hydrogens (tertiary/aromatic N) is 4. The van der Waals surface area contributed by atoms with E-state index in [9.17, 15) is 43.7 Å². The van der Waals surface area contributed by atoms with Crippen LogP contribution in [0.25, 0.3) is 10.8 Å². The highest BCUT2D eigenvalue weighted by Gasteiger charge is 2.24. The van der Waals surface area contributed by atoms with Crippen LogP contribution in [0.5, 0.6) is 5.75 Å². The summed E-state index contributed by atoms with van der Waals surface area (Å²) in [6.45, 7) is 1.34. The lowest BCUT2D eigenvalue weighted by atomic mass is 10.1. The number of benzene rings is 2. The van der Waals surface area contributed by atoms with Crippen LogP contribution in [-0.4, -0.2) is 54.6 Å². The number of azo groups is 1. The molecule has 3 aromatic rings. The average Bonchev–Trinajstić information content (AvgIpc) is 2.85. The van der Waals surface area contributed by atoms with E-state index < -0.39 is 80.5 Å². The molecule has 0 atom stereocenters. The van der Waals surface area contributed by atoms with Gasteiger partial charge in [-0.15, -0.1) is 10.2 Å². The molecular weight excluding hydrogens is 620 g/mol. The number of aromatic nitrogens is 2. The molecule has 13 nitrogen and oxygen atoms in total. The lowest BCUT2D eigenvalue weighted by Gasteiger charge is -2.12. The first-order valence-corrected chi connectivity index (χ1v) is 14.3. The number of anilines is 2. The van der Waals surface area contributed by atoms with Crippen LogP contribution in [0.2, 0.25) is 5.02 Å². The van der Waals surface area contributed by atoms with E-state index in [0.29, 0.717) is 0 Å². The van der Waals surface area contributed by atoms with Crippen molar-refractivity contribution in [3.05, 3.63) is 64.7 Å². The van der Waals surface area contributed by atoms with E-state index in [4.69, 9.17) is 11.6 Å². The Labute approximate surface area is 231 Å². The zero-order chi connectivity index (χ0) is 29.5. The SMILES string of the molecule is CC1=CC(=S(=O)=O)C(N=Nc2c(S(=O)(=O)O)cc3cc(Nc4nc(F)nc(F)c4Cl)ccc3c2O)=CC1=S(=O)=O. The van der Waals surface area contributed by atoms with Crippen molar-refractivity contribution >= 4 is 80.0 Å². The number of fused-ring (bicyclic) bond motifs is 1. The van der Waals surface area contributed by atoms with Gasteiger partial charge in [0.2, 0.25) is 26.5 Å². The first-order valence-electron chi connectivity index (χ1n) is 10.3. The molecule has 1 aromatic heterocycles. The normalized spacial score (nSPS) is 13.9. The highest BCUT2D eigenvalue weighted by Crippen LogP contribution is 2.42. The van der Waals surface area contributed by atoms with Crippen LogP contribution in [0, 0.1) is 12.0 Å². The van der Waals surface area contributed by atoms with E-state index in [0.717, 1.165) is 18.2 Å². The van der Waals surface area contributed by atoms with Crippen molar-refractivity contribution in [1.29, 1.82) is 0 Å². The first-order chi connectivity index (χ1) is 18.7. The molecule has 0 spiro atoms. The minimum atomic E-state index is -5.09. The minimum Gasteiger partial charge on any atom is -0.505 e. The van der Waals surface area contributed by atoms with Gasteiger partial charge in [0.1, 0.15) is 26.2 Å². The lowest BCUT2D eigenvalue weighted by Crippen LogP contribution is -2.12. The third-order valence-electron chi connectivity index (χ3n) is 5.25. The van der Waals surface area contributed by atoms with Gasteiger partial charge >= 0.3 is 6.08 Å². The quantitative estimate of drug-likeness (QED) is 0.122. The molecule has 208 valence electrons. The van der Waals surface area contributed by atoms with Crippen molar-refractivity contribution in [3.8, 4) is 5.75 Å². The number of nitrogens with one attached hydrogen (secondary N) is 1. The van der Waals surface area contributed by atoms with E-state index in [-0.39, 0.29) is 26.9 Å². The van der Waals surface area contributed by atoms with Gasteiger partial charge in [0.15, 0.2) is 11.6 Å². The summed E-state index contributed by atoms with van der Waals surface area (Å²) in [5.41, 5.74) is -1.15. The second-order valence-corrected chi connectivity index (χ2v) is 11.4. The summed E-state index contributed by atoms with van der Waals surface area (Å²) in [7, 11) is -10.8. The first kappa shape index (κ1) is 28.9.